The molecule has 2 aliphatic heterocycles. The molecule has 212 valence electrons. The smallest absolute Gasteiger partial charge is 0.488 e. The maximum atomic E-state index is 14.0. The summed E-state index contributed by atoms with van der Waals surface area (Å²) >= 11 is 20.9. The molecule has 2 aromatic rings. The van der Waals surface area contributed by atoms with Crippen LogP contribution in [-0.2, 0) is 19.2 Å². The fraction of sp³-hybridized carbons (Fsp3) is 0.333. The third-order valence-corrected chi connectivity index (χ3v) is 11.2. The van der Waals surface area contributed by atoms with Gasteiger partial charge in [-0.1, -0.05) is 55.6 Å². The second-order valence-corrected chi connectivity index (χ2v) is 13.3. The third kappa shape index (κ3) is 3.87. The Bertz CT molecular complexity index is 1570. The number of rotatable bonds is 4. The van der Waals surface area contributed by atoms with Gasteiger partial charge < -0.3 is 15.2 Å². The van der Waals surface area contributed by atoms with Gasteiger partial charge in [-0.15, -0.1) is 23.2 Å². The number of hydrogen-bond donors (Lipinski definition) is 3. The van der Waals surface area contributed by atoms with Gasteiger partial charge in [-0.2, -0.15) is 0 Å². The van der Waals surface area contributed by atoms with Crippen LogP contribution in [-0.4, -0.2) is 66.0 Å². The third-order valence-electron chi connectivity index (χ3n) is 8.74. The summed E-state index contributed by atoms with van der Waals surface area (Å²) in [6.45, 7) is 0. The first-order valence-corrected chi connectivity index (χ1v) is 15.4. The van der Waals surface area contributed by atoms with Crippen LogP contribution in [0, 0.1) is 17.8 Å². The van der Waals surface area contributed by atoms with Crippen molar-refractivity contribution in [3.8, 4) is 5.75 Å². The Balaban J connectivity index is 1.52. The van der Waals surface area contributed by atoms with Gasteiger partial charge in [-0.25, -0.2) is 0 Å². The average Bonchev–Trinajstić information content (AvgIpc) is 3.28. The maximum absolute atomic E-state index is 14.0. The minimum Gasteiger partial charge on any atom is -0.508 e. The van der Waals surface area contributed by atoms with E-state index >= 15 is 0 Å². The largest absolute Gasteiger partial charge is 0.508 e. The molecule has 0 aromatic heterocycles. The van der Waals surface area contributed by atoms with E-state index in [0.29, 0.717) is 10.0 Å². The second-order valence-electron chi connectivity index (χ2n) is 10.7. The van der Waals surface area contributed by atoms with Crippen molar-refractivity contribution in [2.24, 2.45) is 17.8 Å². The fourth-order valence-electron chi connectivity index (χ4n) is 6.93. The normalized spacial score (nSPS) is 32.6. The lowest BCUT2D eigenvalue weighted by atomic mass is 9.56. The number of imide groups is 2. The number of amides is 4. The van der Waals surface area contributed by atoms with Gasteiger partial charge in [-0.05, 0) is 54.6 Å². The zero-order chi connectivity index (χ0) is 29.6. The molecule has 14 heteroatoms. The van der Waals surface area contributed by atoms with Crippen LogP contribution in [0.4, 0.5) is 5.69 Å². The molecular weight excluding hydrogens is 706 g/mol. The summed E-state index contributed by atoms with van der Waals surface area (Å²) in [5.74, 6) is -6.19. The Hall–Kier alpha value is -2.22. The van der Waals surface area contributed by atoms with Crippen LogP contribution in [0.5, 0.6) is 5.75 Å². The van der Waals surface area contributed by atoms with E-state index in [9.17, 15) is 34.3 Å². The number of likely N-dealkylation sites (tertiary alicyclic amines) is 1. The molecule has 3 fully saturated rings. The summed E-state index contributed by atoms with van der Waals surface area (Å²) in [6.07, 6.45) is 1.74. The number of phenolic OH excluding ortho intramolecular Hbond substituents is 1. The summed E-state index contributed by atoms with van der Waals surface area (Å²) in [5.41, 5.74) is 0.939. The Morgan fingerprint density at radius 3 is 2.41 bits per heavy atom. The number of benzene rings is 2. The highest BCUT2D eigenvalue weighted by Crippen LogP contribution is 2.66. The number of fused-ring (bicyclic) bond motifs is 4. The van der Waals surface area contributed by atoms with Crippen molar-refractivity contribution in [3.63, 3.8) is 0 Å². The van der Waals surface area contributed by atoms with Gasteiger partial charge >= 0.3 is 7.12 Å². The number of allylic oxidation sites excluding steroid dienone is 2. The molecule has 6 atom stereocenters. The first kappa shape index (κ1) is 28.9. The van der Waals surface area contributed by atoms with Crippen molar-refractivity contribution in [1.29, 1.82) is 0 Å². The highest BCUT2D eigenvalue weighted by Gasteiger charge is 2.76. The van der Waals surface area contributed by atoms with E-state index < -0.39 is 64.2 Å². The number of halogens is 4. The molecule has 1 saturated carbocycles. The maximum Gasteiger partial charge on any atom is 0.488 e. The van der Waals surface area contributed by atoms with Crippen LogP contribution >= 0.6 is 55.1 Å². The fourth-order valence-corrected chi connectivity index (χ4v) is 8.73. The number of phenols is 1. The molecule has 0 radical (unpaired) electrons. The molecular formula is C27H21BBr2Cl2N2O7. The highest BCUT2D eigenvalue weighted by molar-refractivity contribution is 9.10. The van der Waals surface area contributed by atoms with E-state index in [1.807, 2.05) is 0 Å². The van der Waals surface area contributed by atoms with E-state index in [2.05, 4.69) is 31.9 Å². The van der Waals surface area contributed by atoms with Gasteiger partial charge in [0.2, 0.25) is 11.8 Å². The number of anilines is 1. The molecule has 4 amide bonds. The second kappa shape index (κ2) is 9.92. The number of aromatic hydroxyl groups is 1. The minimum atomic E-state index is -2.02. The van der Waals surface area contributed by atoms with Crippen LogP contribution in [0.1, 0.15) is 24.3 Å². The quantitative estimate of drug-likeness (QED) is 0.145. The molecule has 2 heterocycles. The molecule has 3 N–H and O–H groups in total. The van der Waals surface area contributed by atoms with Crippen LogP contribution in [0.25, 0.3) is 0 Å². The van der Waals surface area contributed by atoms with E-state index in [0.717, 1.165) is 9.80 Å². The number of alkyl halides is 3. The van der Waals surface area contributed by atoms with Gasteiger partial charge in [0.05, 0.1) is 23.0 Å². The Morgan fingerprint density at radius 2 is 1.73 bits per heavy atom. The first-order valence-electron chi connectivity index (χ1n) is 12.7. The summed E-state index contributed by atoms with van der Waals surface area (Å²) in [4.78, 5) is 53.1. The summed E-state index contributed by atoms with van der Waals surface area (Å²) in [6, 6.07) is 10.5. The average molecular weight is 727 g/mol. The summed E-state index contributed by atoms with van der Waals surface area (Å²) < 4.78 is 0.584. The van der Waals surface area contributed by atoms with Crippen molar-refractivity contribution in [2.75, 3.05) is 10.4 Å². The zero-order valence-corrected chi connectivity index (χ0v) is 25.7. The standard InChI is InChI=1S/C27H21BBr2Cl2N2O7/c29-11-33-24(38)26(31)10-18-15(21(27(26,32)25(33)39)17-9-13(30)4-7-19(17)35)5-6-16-20(18)23(37)34(22(16)36)14-3-1-2-12(8-14)28(40)41/h1-5,7-9,16,18,20-21,35,40-41H,6,10-11H2. The Labute approximate surface area is 261 Å². The number of hydrogen-bond acceptors (Lipinski definition) is 7. The van der Waals surface area contributed by atoms with Crippen LogP contribution in [0.2, 0.25) is 0 Å². The SMILES string of the molecule is O=C1C2CC=C3C(CC4(Cl)C(=O)N(CBr)C(=O)C4(Cl)C3c3cc(Br)ccc3O)C2C(=O)N1c1cccc(B(O)O)c1. The molecule has 4 aliphatic rings. The van der Waals surface area contributed by atoms with E-state index in [1.54, 1.807) is 18.2 Å². The highest BCUT2D eigenvalue weighted by atomic mass is 79.9. The summed E-state index contributed by atoms with van der Waals surface area (Å²) in [5, 5.41) is 30.2. The number of carbonyl (C=O) groups excluding carboxylic acids is 4. The molecule has 0 bridgehead atoms. The molecule has 2 saturated heterocycles. The minimum absolute atomic E-state index is 0.108. The van der Waals surface area contributed by atoms with Gasteiger partial charge in [-0.3, -0.25) is 29.0 Å². The molecule has 41 heavy (non-hydrogen) atoms. The van der Waals surface area contributed by atoms with Crippen molar-refractivity contribution in [2.45, 2.75) is 28.5 Å². The van der Waals surface area contributed by atoms with Crippen LogP contribution in [0.3, 0.4) is 0 Å². The van der Waals surface area contributed by atoms with Crippen molar-refractivity contribution in [1.82, 2.24) is 4.90 Å². The van der Waals surface area contributed by atoms with E-state index in [1.165, 1.54) is 30.3 Å². The van der Waals surface area contributed by atoms with E-state index in [-0.39, 0.29) is 40.8 Å². The molecule has 6 rings (SSSR count). The van der Waals surface area contributed by atoms with Crippen LogP contribution in [0.15, 0.2) is 58.6 Å². The van der Waals surface area contributed by atoms with Gasteiger partial charge in [0.1, 0.15) is 5.75 Å². The number of carbonyl (C=O) groups is 4. The predicted octanol–water partition coefficient (Wildman–Crippen LogP) is 2.75. The monoisotopic (exact) mass is 724 g/mol. The zero-order valence-electron chi connectivity index (χ0n) is 21.0. The first-order chi connectivity index (χ1) is 19.4. The molecule has 9 nitrogen and oxygen atoms in total. The molecule has 0 spiro atoms. The lowest BCUT2D eigenvalue weighted by Gasteiger charge is -2.50. The van der Waals surface area contributed by atoms with Crippen LogP contribution < -0.4 is 10.4 Å². The molecule has 6 unspecified atom stereocenters. The number of nitrogens with zero attached hydrogens (tertiary/aromatic N) is 2. The van der Waals surface area contributed by atoms with Crippen molar-refractivity contribution < 1.29 is 34.3 Å². The van der Waals surface area contributed by atoms with Gasteiger partial charge in [0.15, 0.2) is 9.75 Å². The Morgan fingerprint density at radius 1 is 1.00 bits per heavy atom. The Kier molecular flexibility index (Phi) is 6.99. The van der Waals surface area contributed by atoms with Gasteiger partial charge in [0, 0.05) is 16.0 Å². The lowest BCUT2D eigenvalue weighted by Crippen LogP contribution is -2.60. The van der Waals surface area contributed by atoms with Crippen molar-refractivity contribution in [3.05, 3.63) is 64.1 Å². The summed E-state index contributed by atoms with van der Waals surface area (Å²) in [7, 11) is -1.80. The predicted molar refractivity (Wildman–Crippen MR) is 158 cm³/mol. The topological polar surface area (TPSA) is 135 Å². The van der Waals surface area contributed by atoms with E-state index in [4.69, 9.17) is 23.2 Å². The molecule has 2 aromatic carbocycles. The van der Waals surface area contributed by atoms with Crippen molar-refractivity contribution >= 4 is 97.0 Å². The molecule has 2 aliphatic carbocycles. The lowest BCUT2D eigenvalue weighted by molar-refractivity contribution is -0.138. The van der Waals surface area contributed by atoms with Gasteiger partial charge in [0.25, 0.3) is 11.8 Å².